The number of allylic oxidation sites excluding steroid dienone is 1. The minimum absolute atomic E-state index is 0.358. The molecule has 0 aliphatic carbocycles. The first kappa shape index (κ1) is 22.8. The fraction of sp³-hybridized carbons (Fsp3) is 0. The van der Waals surface area contributed by atoms with Crippen molar-refractivity contribution in [1.82, 2.24) is 10.1 Å². The summed E-state index contributed by atoms with van der Waals surface area (Å²) in [6, 6.07) is 31.2. The number of nitrogens with zero attached hydrogens (tertiary/aromatic N) is 3. The second-order valence-electron chi connectivity index (χ2n) is 9.01. The normalized spacial score (nSPS) is 11.8. The van der Waals surface area contributed by atoms with Gasteiger partial charge in [-0.3, -0.25) is 0 Å². The summed E-state index contributed by atoms with van der Waals surface area (Å²) in [5, 5.41) is 20.2. The van der Waals surface area contributed by atoms with Crippen molar-refractivity contribution in [2.45, 2.75) is 0 Å². The predicted molar refractivity (Wildman–Crippen MR) is 154 cm³/mol. The molecular formula is C32H17N3O3S. The van der Waals surface area contributed by atoms with E-state index in [1.54, 1.807) is 17.5 Å². The monoisotopic (exact) mass is 523 g/mol. The SMILES string of the molecule is N#CC(=Cc1ccc2noc(-c3ccccc3)c2c1)c1nc(-c2cc3c(ccc4ccccc43)oc2=O)cs1. The Bertz CT molecular complexity index is 2160. The van der Waals surface area contributed by atoms with Crippen LogP contribution in [0.4, 0.5) is 0 Å². The number of thiazole rings is 1. The van der Waals surface area contributed by atoms with Crippen molar-refractivity contribution in [2.75, 3.05) is 0 Å². The van der Waals surface area contributed by atoms with Gasteiger partial charge in [-0.05, 0) is 46.7 Å². The topological polar surface area (TPSA) is 92.9 Å². The maximum Gasteiger partial charge on any atom is 0.345 e. The summed E-state index contributed by atoms with van der Waals surface area (Å²) in [6.07, 6.45) is 1.78. The molecule has 0 N–H and O–H groups in total. The predicted octanol–water partition coefficient (Wildman–Crippen LogP) is 7.94. The van der Waals surface area contributed by atoms with E-state index in [9.17, 15) is 10.1 Å². The van der Waals surface area contributed by atoms with E-state index >= 15 is 0 Å². The van der Waals surface area contributed by atoms with Crippen molar-refractivity contribution < 1.29 is 8.94 Å². The van der Waals surface area contributed by atoms with Gasteiger partial charge < -0.3 is 8.94 Å². The molecule has 7 heteroatoms. The maximum atomic E-state index is 12.9. The Morgan fingerprint density at radius 3 is 2.62 bits per heavy atom. The summed E-state index contributed by atoms with van der Waals surface area (Å²) >= 11 is 1.31. The Morgan fingerprint density at radius 1 is 0.897 bits per heavy atom. The first-order chi connectivity index (χ1) is 19.2. The highest BCUT2D eigenvalue weighted by Crippen LogP contribution is 2.32. The second kappa shape index (κ2) is 9.21. The average molecular weight is 524 g/mol. The van der Waals surface area contributed by atoms with Crippen molar-refractivity contribution in [3.63, 3.8) is 0 Å². The lowest BCUT2D eigenvalue weighted by atomic mass is 10.0. The van der Waals surface area contributed by atoms with Crippen LogP contribution < -0.4 is 5.63 Å². The Labute approximate surface area is 225 Å². The molecule has 0 aliphatic rings. The third-order valence-corrected chi connectivity index (χ3v) is 7.50. The van der Waals surface area contributed by atoms with Crippen molar-refractivity contribution in [3.8, 4) is 28.7 Å². The molecule has 0 atom stereocenters. The molecule has 0 amide bonds. The summed E-state index contributed by atoms with van der Waals surface area (Å²) in [4.78, 5) is 17.5. The lowest BCUT2D eigenvalue weighted by Crippen LogP contribution is -2.03. The number of rotatable bonds is 4. The molecular weight excluding hydrogens is 506 g/mol. The highest BCUT2D eigenvalue weighted by atomic mass is 32.1. The van der Waals surface area contributed by atoms with E-state index < -0.39 is 5.63 Å². The molecule has 7 aromatic rings. The zero-order chi connectivity index (χ0) is 26.3. The number of aromatic nitrogens is 2. The minimum Gasteiger partial charge on any atom is -0.422 e. The van der Waals surface area contributed by atoms with E-state index in [1.165, 1.54) is 11.3 Å². The molecule has 0 spiro atoms. The van der Waals surface area contributed by atoms with E-state index in [2.05, 4.69) is 16.2 Å². The Morgan fingerprint density at radius 2 is 1.74 bits per heavy atom. The Hall–Kier alpha value is -5.32. The molecule has 0 saturated carbocycles. The molecule has 4 aromatic carbocycles. The average Bonchev–Trinajstić information content (AvgIpc) is 3.63. The molecule has 0 unspecified atom stereocenters. The summed E-state index contributed by atoms with van der Waals surface area (Å²) in [7, 11) is 0. The van der Waals surface area contributed by atoms with E-state index in [1.807, 2.05) is 84.9 Å². The first-order valence-corrected chi connectivity index (χ1v) is 13.0. The van der Waals surface area contributed by atoms with Crippen LogP contribution in [0.25, 0.3) is 66.9 Å². The summed E-state index contributed by atoms with van der Waals surface area (Å²) < 4.78 is 11.3. The summed E-state index contributed by atoms with van der Waals surface area (Å²) in [5.74, 6) is 0.673. The third kappa shape index (κ3) is 4.00. The van der Waals surface area contributed by atoms with Crippen LogP contribution in [-0.4, -0.2) is 10.1 Å². The van der Waals surface area contributed by atoms with E-state index in [4.69, 9.17) is 8.94 Å². The molecule has 3 heterocycles. The van der Waals surface area contributed by atoms with Crippen LogP contribution >= 0.6 is 11.3 Å². The van der Waals surface area contributed by atoms with Crippen molar-refractivity contribution in [1.29, 1.82) is 5.26 Å². The zero-order valence-electron chi connectivity index (χ0n) is 20.3. The van der Waals surface area contributed by atoms with Gasteiger partial charge in [0.25, 0.3) is 0 Å². The van der Waals surface area contributed by atoms with Gasteiger partial charge in [-0.1, -0.05) is 71.9 Å². The van der Waals surface area contributed by atoms with Crippen molar-refractivity contribution >= 4 is 55.6 Å². The number of hydrogen-bond donors (Lipinski definition) is 0. The molecule has 0 saturated heterocycles. The van der Waals surface area contributed by atoms with Gasteiger partial charge in [0.05, 0.1) is 22.2 Å². The number of nitriles is 1. The largest absolute Gasteiger partial charge is 0.422 e. The standard InChI is InChI=1S/C32H17N3O3S/c33-17-22(14-19-10-12-27-25(15-19)30(38-35-27)21-7-2-1-3-8-21)31-34-28(18-39-31)26-16-24-23-9-5-4-6-20(23)11-13-29(24)37-32(26)36/h1-16,18H. The Kier molecular flexibility index (Phi) is 5.39. The minimum atomic E-state index is -0.469. The highest BCUT2D eigenvalue weighted by molar-refractivity contribution is 7.11. The van der Waals surface area contributed by atoms with Crippen LogP contribution in [-0.2, 0) is 0 Å². The fourth-order valence-corrected chi connectivity index (χ4v) is 5.51. The molecule has 184 valence electrons. The molecule has 7 rings (SSSR count). The van der Waals surface area contributed by atoms with Crippen LogP contribution in [0.3, 0.4) is 0 Å². The van der Waals surface area contributed by atoms with Gasteiger partial charge in [0, 0.05) is 16.3 Å². The van der Waals surface area contributed by atoms with E-state index in [0.717, 1.165) is 38.2 Å². The molecule has 3 aromatic heterocycles. The van der Waals surface area contributed by atoms with Gasteiger partial charge in [0.2, 0.25) is 0 Å². The van der Waals surface area contributed by atoms with Gasteiger partial charge in [0.15, 0.2) is 5.76 Å². The number of fused-ring (bicyclic) bond motifs is 4. The maximum absolute atomic E-state index is 12.9. The third-order valence-electron chi connectivity index (χ3n) is 6.62. The van der Waals surface area contributed by atoms with Gasteiger partial charge >= 0.3 is 5.63 Å². The number of benzene rings is 4. The second-order valence-corrected chi connectivity index (χ2v) is 9.87. The molecule has 0 fully saturated rings. The molecule has 39 heavy (non-hydrogen) atoms. The van der Waals surface area contributed by atoms with Crippen molar-refractivity contribution in [2.24, 2.45) is 0 Å². The van der Waals surface area contributed by atoms with Crippen molar-refractivity contribution in [3.05, 3.63) is 117 Å². The summed E-state index contributed by atoms with van der Waals surface area (Å²) in [6.45, 7) is 0. The van der Waals surface area contributed by atoms with Gasteiger partial charge in [-0.15, -0.1) is 11.3 Å². The molecule has 0 radical (unpaired) electrons. The molecule has 0 aliphatic heterocycles. The van der Waals surface area contributed by atoms with E-state index in [0.29, 0.717) is 33.2 Å². The Balaban J connectivity index is 1.29. The van der Waals surface area contributed by atoms with Crippen LogP contribution in [0.5, 0.6) is 0 Å². The van der Waals surface area contributed by atoms with Crippen LogP contribution in [0.1, 0.15) is 10.6 Å². The first-order valence-electron chi connectivity index (χ1n) is 12.2. The van der Waals surface area contributed by atoms with Gasteiger partial charge in [0.1, 0.15) is 22.2 Å². The summed E-state index contributed by atoms with van der Waals surface area (Å²) in [5.41, 5.74) is 3.74. The van der Waals surface area contributed by atoms with Crippen LogP contribution in [0.15, 0.2) is 110 Å². The van der Waals surface area contributed by atoms with E-state index in [-0.39, 0.29) is 0 Å². The van der Waals surface area contributed by atoms with Crippen LogP contribution in [0, 0.1) is 11.3 Å². The fourth-order valence-electron chi connectivity index (χ4n) is 4.73. The number of hydrogen-bond acceptors (Lipinski definition) is 7. The lowest BCUT2D eigenvalue weighted by Gasteiger charge is -2.04. The highest BCUT2D eigenvalue weighted by Gasteiger charge is 2.16. The molecule has 0 bridgehead atoms. The lowest BCUT2D eigenvalue weighted by molar-refractivity contribution is 0.441. The van der Waals surface area contributed by atoms with Gasteiger partial charge in [-0.25, -0.2) is 9.78 Å². The smallest absolute Gasteiger partial charge is 0.345 e. The van der Waals surface area contributed by atoms with Gasteiger partial charge in [-0.2, -0.15) is 5.26 Å². The van der Waals surface area contributed by atoms with Crippen LogP contribution in [0.2, 0.25) is 0 Å². The molecule has 6 nitrogen and oxygen atoms in total. The quantitative estimate of drug-likeness (QED) is 0.132. The zero-order valence-corrected chi connectivity index (χ0v) is 21.1.